The maximum atomic E-state index is 11.5. The number of hydrogen-bond acceptors (Lipinski definition) is 6. The third kappa shape index (κ3) is 5.79. The molecule has 0 atom stereocenters. The van der Waals surface area contributed by atoms with Gasteiger partial charge in [0.2, 0.25) is 5.91 Å². The number of hydrogen-bond donors (Lipinski definition) is 1. The van der Waals surface area contributed by atoms with E-state index in [1.807, 2.05) is 31.2 Å². The van der Waals surface area contributed by atoms with Gasteiger partial charge < -0.3 is 5.32 Å². The Morgan fingerprint density at radius 2 is 2.00 bits per heavy atom. The summed E-state index contributed by atoms with van der Waals surface area (Å²) in [6, 6.07) is 7.77. The van der Waals surface area contributed by atoms with Crippen LogP contribution in [0.5, 0.6) is 0 Å². The monoisotopic (exact) mass is 373 g/mol. The molecule has 1 N–H and O–H groups in total. The highest BCUT2D eigenvalue weighted by molar-refractivity contribution is 8.03. The molecule has 0 aliphatic carbocycles. The van der Waals surface area contributed by atoms with Crippen LogP contribution >= 0.6 is 46.5 Å². The predicted molar refractivity (Wildman–Crippen MR) is 94.9 cm³/mol. The van der Waals surface area contributed by atoms with Gasteiger partial charge >= 0.3 is 0 Å². The molecular formula is C14H16ClN3OS3. The molecule has 0 spiro atoms. The van der Waals surface area contributed by atoms with Crippen LogP contribution in [0.4, 0.5) is 0 Å². The minimum absolute atomic E-state index is 0.0346. The molecule has 8 heteroatoms. The lowest BCUT2D eigenvalue weighted by atomic mass is 10.2. The topological polar surface area (TPSA) is 54.9 Å². The van der Waals surface area contributed by atoms with Crippen molar-refractivity contribution in [2.45, 2.75) is 27.8 Å². The van der Waals surface area contributed by atoms with Crippen LogP contribution in [0.1, 0.15) is 18.9 Å². The number of amides is 1. The van der Waals surface area contributed by atoms with Crippen molar-refractivity contribution in [3.63, 3.8) is 0 Å². The van der Waals surface area contributed by atoms with E-state index < -0.39 is 0 Å². The fourth-order valence-corrected chi connectivity index (χ4v) is 4.65. The molecule has 0 aliphatic rings. The van der Waals surface area contributed by atoms with E-state index in [1.54, 1.807) is 11.8 Å². The Bertz CT molecular complexity index is 621. The van der Waals surface area contributed by atoms with E-state index in [0.717, 1.165) is 31.4 Å². The molecule has 0 saturated carbocycles. The molecule has 1 heterocycles. The first-order chi connectivity index (χ1) is 10.7. The standard InChI is InChI=1S/C14H16ClN3OS3/c1-2-7-16-12(19)9-21-14-18-17-13(22-14)20-8-10-5-3-4-6-11(10)15/h3-6H,2,7-9H2,1H3,(H,16,19). The lowest BCUT2D eigenvalue weighted by molar-refractivity contribution is -0.118. The zero-order valence-electron chi connectivity index (χ0n) is 12.0. The zero-order chi connectivity index (χ0) is 15.8. The zero-order valence-corrected chi connectivity index (χ0v) is 15.2. The summed E-state index contributed by atoms with van der Waals surface area (Å²) in [4.78, 5) is 11.5. The number of halogens is 1. The maximum absolute atomic E-state index is 11.5. The molecule has 0 bridgehead atoms. The highest BCUT2D eigenvalue weighted by Gasteiger charge is 2.09. The van der Waals surface area contributed by atoms with Crippen molar-refractivity contribution in [2.24, 2.45) is 0 Å². The summed E-state index contributed by atoms with van der Waals surface area (Å²) in [6.45, 7) is 2.75. The van der Waals surface area contributed by atoms with Gasteiger partial charge in [-0.3, -0.25) is 4.79 Å². The number of carbonyl (C=O) groups is 1. The molecular weight excluding hydrogens is 358 g/mol. The number of benzene rings is 1. The van der Waals surface area contributed by atoms with Crippen molar-refractivity contribution in [2.75, 3.05) is 12.3 Å². The summed E-state index contributed by atoms with van der Waals surface area (Å²) < 4.78 is 1.70. The lowest BCUT2D eigenvalue weighted by Crippen LogP contribution is -2.25. The molecule has 1 aromatic heterocycles. The van der Waals surface area contributed by atoms with E-state index in [2.05, 4.69) is 15.5 Å². The summed E-state index contributed by atoms with van der Waals surface area (Å²) in [5.74, 6) is 1.17. The molecule has 118 valence electrons. The number of thioether (sulfide) groups is 2. The van der Waals surface area contributed by atoms with Gasteiger partial charge in [0.05, 0.1) is 5.75 Å². The third-order valence-electron chi connectivity index (χ3n) is 2.60. The average Bonchev–Trinajstić information content (AvgIpc) is 2.98. The Balaban J connectivity index is 1.79. The quantitative estimate of drug-likeness (QED) is 0.706. The second-order valence-corrected chi connectivity index (χ2v) is 8.18. The third-order valence-corrected chi connectivity index (χ3v) is 6.20. The normalized spacial score (nSPS) is 10.6. The summed E-state index contributed by atoms with van der Waals surface area (Å²) in [6.07, 6.45) is 0.943. The number of aromatic nitrogens is 2. The first kappa shape index (κ1) is 17.6. The van der Waals surface area contributed by atoms with Crippen LogP contribution in [0.25, 0.3) is 0 Å². The Kier molecular flexibility index (Phi) is 7.51. The molecule has 0 unspecified atom stereocenters. The molecule has 2 rings (SSSR count). The highest BCUT2D eigenvalue weighted by Crippen LogP contribution is 2.31. The number of rotatable bonds is 8. The van der Waals surface area contributed by atoms with E-state index in [0.29, 0.717) is 12.3 Å². The van der Waals surface area contributed by atoms with E-state index in [1.165, 1.54) is 23.1 Å². The molecule has 22 heavy (non-hydrogen) atoms. The van der Waals surface area contributed by atoms with Crippen LogP contribution in [0.3, 0.4) is 0 Å². The van der Waals surface area contributed by atoms with Crippen LogP contribution in [0.2, 0.25) is 5.02 Å². The molecule has 2 aromatic rings. The van der Waals surface area contributed by atoms with E-state index in [4.69, 9.17) is 11.6 Å². The minimum atomic E-state index is 0.0346. The van der Waals surface area contributed by atoms with Gasteiger partial charge in [-0.25, -0.2) is 0 Å². The molecule has 0 saturated heterocycles. The Morgan fingerprint density at radius 1 is 1.27 bits per heavy atom. The van der Waals surface area contributed by atoms with E-state index in [9.17, 15) is 4.79 Å². The molecule has 4 nitrogen and oxygen atoms in total. The van der Waals surface area contributed by atoms with Crippen LogP contribution in [0, 0.1) is 0 Å². The van der Waals surface area contributed by atoms with Gasteiger partial charge in [0.1, 0.15) is 0 Å². The van der Waals surface area contributed by atoms with Gasteiger partial charge in [-0.1, -0.05) is 71.6 Å². The lowest BCUT2D eigenvalue weighted by Gasteiger charge is -2.01. The van der Waals surface area contributed by atoms with Crippen molar-refractivity contribution in [1.29, 1.82) is 0 Å². The second-order valence-electron chi connectivity index (χ2n) is 4.35. The number of nitrogens with zero attached hydrogens (tertiary/aromatic N) is 2. The molecule has 1 aromatic carbocycles. The summed E-state index contributed by atoms with van der Waals surface area (Å²) in [5.41, 5.74) is 1.08. The van der Waals surface area contributed by atoms with Gasteiger partial charge in [0, 0.05) is 17.3 Å². The van der Waals surface area contributed by atoms with Crippen molar-refractivity contribution in [1.82, 2.24) is 15.5 Å². The average molecular weight is 374 g/mol. The van der Waals surface area contributed by atoms with E-state index in [-0.39, 0.29) is 5.91 Å². The molecule has 0 fully saturated rings. The predicted octanol–water partition coefficient (Wildman–Crippen LogP) is 4.10. The second kappa shape index (κ2) is 9.39. The smallest absolute Gasteiger partial charge is 0.230 e. The van der Waals surface area contributed by atoms with Gasteiger partial charge in [-0.15, -0.1) is 10.2 Å². The molecule has 0 radical (unpaired) electrons. The molecule has 0 aliphatic heterocycles. The van der Waals surface area contributed by atoms with E-state index >= 15 is 0 Å². The van der Waals surface area contributed by atoms with Crippen molar-refractivity contribution < 1.29 is 4.79 Å². The fraction of sp³-hybridized carbons (Fsp3) is 0.357. The Labute approximate surface area is 147 Å². The van der Waals surface area contributed by atoms with Gasteiger partial charge in [0.25, 0.3) is 0 Å². The number of carbonyl (C=O) groups excluding carboxylic acids is 1. The summed E-state index contributed by atoms with van der Waals surface area (Å²) in [7, 11) is 0. The largest absolute Gasteiger partial charge is 0.355 e. The first-order valence-corrected chi connectivity index (χ1v) is 9.94. The maximum Gasteiger partial charge on any atom is 0.230 e. The van der Waals surface area contributed by atoms with Crippen molar-refractivity contribution >= 4 is 52.4 Å². The molecule has 1 amide bonds. The minimum Gasteiger partial charge on any atom is -0.355 e. The first-order valence-electron chi connectivity index (χ1n) is 6.78. The summed E-state index contributed by atoms with van der Waals surface area (Å²) >= 11 is 10.7. The van der Waals surface area contributed by atoms with Crippen LogP contribution in [0.15, 0.2) is 32.9 Å². The highest BCUT2D eigenvalue weighted by atomic mass is 35.5. The van der Waals surface area contributed by atoms with Gasteiger partial charge in [-0.05, 0) is 18.1 Å². The van der Waals surface area contributed by atoms with Crippen LogP contribution in [-0.2, 0) is 10.5 Å². The van der Waals surface area contributed by atoms with Crippen molar-refractivity contribution in [3.05, 3.63) is 34.9 Å². The van der Waals surface area contributed by atoms with Gasteiger partial charge in [-0.2, -0.15) is 0 Å². The van der Waals surface area contributed by atoms with Gasteiger partial charge in [0.15, 0.2) is 8.68 Å². The number of nitrogens with one attached hydrogen (secondary N) is 1. The Hall–Kier alpha value is -0.760. The van der Waals surface area contributed by atoms with Crippen molar-refractivity contribution in [3.8, 4) is 0 Å². The SMILES string of the molecule is CCCNC(=O)CSc1nnc(SCc2ccccc2Cl)s1. The fourth-order valence-electron chi connectivity index (χ4n) is 1.51. The van der Waals surface area contributed by atoms with Crippen LogP contribution in [-0.4, -0.2) is 28.4 Å². The summed E-state index contributed by atoms with van der Waals surface area (Å²) in [5, 5.41) is 11.8. The van der Waals surface area contributed by atoms with Crippen LogP contribution < -0.4 is 5.32 Å². The Morgan fingerprint density at radius 3 is 2.73 bits per heavy atom.